The standard InChI is InChI=1S/C22H22FN3O3/c1-14-3-7-17(23)12-19(14)26-13-16(11-21(26)27)22-24-20(29-25-22)10-6-15-4-8-18(28-2)9-5-15/h3-5,7-9,12,16H,6,10-11,13H2,1-2H3. The number of hydrogen-bond donors (Lipinski definition) is 0. The minimum absolute atomic E-state index is 0.0618. The van der Waals surface area contributed by atoms with E-state index >= 15 is 0 Å². The predicted molar refractivity (Wildman–Crippen MR) is 106 cm³/mol. The topological polar surface area (TPSA) is 68.5 Å². The quantitative estimate of drug-likeness (QED) is 0.635. The second-order valence-electron chi connectivity index (χ2n) is 7.23. The van der Waals surface area contributed by atoms with E-state index in [2.05, 4.69) is 10.1 Å². The normalized spacial score (nSPS) is 16.4. The number of methoxy groups -OCH3 is 1. The van der Waals surface area contributed by atoms with Gasteiger partial charge in [0.15, 0.2) is 5.82 Å². The van der Waals surface area contributed by atoms with Crippen LogP contribution in [0, 0.1) is 12.7 Å². The van der Waals surface area contributed by atoms with Crippen LogP contribution in [0.5, 0.6) is 5.75 Å². The maximum Gasteiger partial charge on any atom is 0.227 e. The van der Waals surface area contributed by atoms with E-state index < -0.39 is 0 Å². The minimum Gasteiger partial charge on any atom is -0.497 e. The number of amides is 1. The van der Waals surface area contributed by atoms with Gasteiger partial charge >= 0.3 is 0 Å². The largest absolute Gasteiger partial charge is 0.497 e. The molecule has 0 saturated carbocycles. The second kappa shape index (κ2) is 8.03. The Kier molecular flexibility index (Phi) is 5.29. The number of ether oxygens (including phenoxy) is 1. The summed E-state index contributed by atoms with van der Waals surface area (Å²) in [6.45, 7) is 2.28. The molecule has 150 valence electrons. The van der Waals surface area contributed by atoms with Crippen LogP contribution in [0.2, 0.25) is 0 Å². The number of carbonyl (C=O) groups excluding carboxylic acids is 1. The molecule has 1 amide bonds. The molecule has 0 N–H and O–H groups in total. The average Bonchev–Trinajstić information content (AvgIpc) is 3.35. The van der Waals surface area contributed by atoms with Gasteiger partial charge in [0, 0.05) is 31.0 Å². The van der Waals surface area contributed by atoms with Crippen molar-refractivity contribution < 1.29 is 18.4 Å². The van der Waals surface area contributed by atoms with Gasteiger partial charge in [0.1, 0.15) is 11.6 Å². The zero-order chi connectivity index (χ0) is 20.4. The van der Waals surface area contributed by atoms with Crippen molar-refractivity contribution in [3.05, 3.63) is 71.1 Å². The summed E-state index contributed by atoms with van der Waals surface area (Å²) in [7, 11) is 1.64. The van der Waals surface area contributed by atoms with Gasteiger partial charge in [0.05, 0.1) is 7.11 Å². The highest BCUT2D eigenvalue weighted by Crippen LogP contribution is 2.32. The van der Waals surface area contributed by atoms with E-state index in [1.165, 1.54) is 12.1 Å². The first-order valence-corrected chi connectivity index (χ1v) is 9.55. The Morgan fingerprint density at radius 3 is 2.76 bits per heavy atom. The lowest BCUT2D eigenvalue weighted by Crippen LogP contribution is -2.25. The molecule has 1 aliphatic heterocycles. The van der Waals surface area contributed by atoms with Crippen LogP contribution < -0.4 is 9.64 Å². The third-order valence-electron chi connectivity index (χ3n) is 5.22. The molecule has 1 fully saturated rings. The van der Waals surface area contributed by atoms with Crippen molar-refractivity contribution >= 4 is 11.6 Å². The van der Waals surface area contributed by atoms with Gasteiger partial charge in [-0.1, -0.05) is 23.4 Å². The number of anilines is 1. The first kappa shape index (κ1) is 19.1. The van der Waals surface area contributed by atoms with Gasteiger partial charge in [-0.15, -0.1) is 0 Å². The highest BCUT2D eigenvalue weighted by Gasteiger charge is 2.35. The lowest BCUT2D eigenvalue weighted by atomic mass is 10.1. The molecule has 6 nitrogen and oxygen atoms in total. The van der Waals surface area contributed by atoms with Crippen LogP contribution in [0.15, 0.2) is 47.0 Å². The Bertz CT molecular complexity index is 1020. The number of rotatable bonds is 6. The Morgan fingerprint density at radius 2 is 2.00 bits per heavy atom. The van der Waals surface area contributed by atoms with E-state index in [1.807, 2.05) is 31.2 Å². The smallest absolute Gasteiger partial charge is 0.227 e. The number of aryl methyl sites for hydroxylation is 3. The first-order valence-electron chi connectivity index (χ1n) is 9.55. The van der Waals surface area contributed by atoms with Crippen LogP contribution in [-0.2, 0) is 17.6 Å². The molecular weight excluding hydrogens is 373 g/mol. The molecule has 0 bridgehead atoms. The van der Waals surface area contributed by atoms with Crippen molar-refractivity contribution in [2.24, 2.45) is 0 Å². The molecule has 1 aromatic heterocycles. The van der Waals surface area contributed by atoms with Crippen molar-refractivity contribution in [2.45, 2.75) is 32.1 Å². The van der Waals surface area contributed by atoms with Crippen molar-refractivity contribution in [2.75, 3.05) is 18.6 Å². The summed E-state index contributed by atoms with van der Waals surface area (Å²) in [5.74, 6) is 1.31. The molecule has 1 aliphatic rings. The van der Waals surface area contributed by atoms with Crippen LogP contribution in [-0.4, -0.2) is 29.7 Å². The van der Waals surface area contributed by atoms with Gasteiger partial charge < -0.3 is 14.2 Å². The van der Waals surface area contributed by atoms with E-state index in [9.17, 15) is 9.18 Å². The number of hydrogen-bond acceptors (Lipinski definition) is 5. The Balaban J connectivity index is 1.41. The number of aromatic nitrogens is 2. The lowest BCUT2D eigenvalue weighted by molar-refractivity contribution is -0.117. The zero-order valence-electron chi connectivity index (χ0n) is 16.4. The lowest BCUT2D eigenvalue weighted by Gasteiger charge is -2.18. The fourth-order valence-electron chi connectivity index (χ4n) is 3.57. The summed E-state index contributed by atoms with van der Waals surface area (Å²) in [6, 6.07) is 12.3. The van der Waals surface area contributed by atoms with Crippen molar-refractivity contribution in [1.29, 1.82) is 0 Å². The molecule has 1 unspecified atom stereocenters. The average molecular weight is 395 g/mol. The first-order chi connectivity index (χ1) is 14.0. The summed E-state index contributed by atoms with van der Waals surface area (Å²) in [6.07, 6.45) is 1.67. The van der Waals surface area contributed by atoms with Crippen LogP contribution >= 0.6 is 0 Å². The molecule has 3 aromatic rings. The molecule has 1 atom stereocenters. The minimum atomic E-state index is -0.359. The fourth-order valence-corrected chi connectivity index (χ4v) is 3.57. The van der Waals surface area contributed by atoms with Crippen LogP contribution in [0.4, 0.5) is 10.1 Å². The van der Waals surface area contributed by atoms with Crippen molar-refractivity contribution in [3.63, 3.8) is 0 Å². The molecular formula is C22H22FN3O3. The van der Waals surface area contributed by atoms with Crippen molar-refractivity contribution in [1.82, 2.24) is 10.1 Å². The molecule has 2 aromatic carbocycles. The SMILES string of the molecule is COc1ccc(CCc2nc(C3CC(=O)N(c4cc(F)ccc4C)C3)no2)cc1. The maximum absolute atomic E-state index is 13.6. The van der Waals surface area contributed by atoms with E-state index in [0.29, 0.717) is 30.4 Å². The van der Waals surface area contributed by atoms with Crippen molar-refractivity contribution in [3.8, 4) is 5.75 Å². The van der Waals surface area contributed by atoms with E-state index in [4.69, 9.17) is 9.26 Å². The van der Waals surface area contributed by atoms with Gasteiger partial charge in [0.2, 0.25) is 11.8 Å². The van der Waals surface area contributed by atoms with E-state index in [0.717, 1.165) is 23.3 Å². The maximum atomic E-state index is 13.6. The molecule has 0 spiro atoms. The highest BCUT2D eigenvalue weighted by atomic mass is 19.1. The summed E-state index contributed by atoms with van der Waals surface area (Å²) in [4.78, 5) is 18.6. The van der Waals surface area contributed by atoms with Gasteiger partial charge in [0.25, 0.3) is 0 Å². The second-order valence-corrected chi connectivity index (χ2v) is 7.23. The molecule has 2 heterocycles. The van der Waals surface area contributed by atoms with Gasteiger partial charge in [-0.25, -0.2) is 4.39 Å². The Labute approximate surface area is 168 Å². The number of nitrogens with zero attached hydrogens (tertiary/aromatic N) is 3. The van der Waals surface area contributed by atoms with Crippen LogP contribution in [0.1, 0.15) is 35.2 Å². The summed E-state index contributed by atoms with van der Waals surface area (Å²) in [5.41, 5.74) is 2.60. The molecule has 1 saturated heterocycles. The van der Waals surface area contributed by atoms with Gasteiger partial charge in [-0.3, -0.25) is 4.79 Å². The Morgan fingerprint density at radius 1 is 1.21 bits per heavy atom. The summed E-state index contributed by atoms with van der Waals surface area (Å²) >= 11 is 0. The number of carbonyl (C=O) groups is 1. The molecule has 29 heavy (non-hydrogen) atoms. The fraction of sp³-hybridized carbons (Fsp3) is 0.318. The molecule has 0 aliphatic carbocycles. The predicted octanol–water partition coefficient (Wildman–Crippen LogP) is 3.83. The van der Waals surface area contributed by atoms with E-state index in [1.54, 1.807) is 18.1 Å². The third-order valence-corrected chi connectivity index (χ3v) is 5.22. The van der Waals surface area contributed by atoms with Crippen LogP contribution in [0.25, 0.3) is 0 Å². The molecule has 4 rings (SSSR count). The number of halogens is 1. The summed E-state index contributed by atoms with van der Waals surface area (Å²) < 4.78 is 24.2. The third kappa shape index (κ3) is 4.13. The van der Waals surface area contributed by atoms with E-state index in [-0.39, 0.29) is 24.1 Å². The molecule has 0 radical (unpaired) electrons. The monoisotopic (exact) mass is 395 g/mol. The highest BCUT2D eigenvalue weighted by molar-refractivity contribution is 5.97. The molecule has 7 heteroatoms. The van der Waals surface area contributed by atoms with Crippen LogP contribution in [0.3, 0.4) is 0 Å². The Hall–Kier alpha value is -3.22. The zero-order valence-corrected chi connectivity index (χ0v) is 16.4. The summed E-state index contributed by atoms with van der Waals surface area (Å²) in [5, 5.41) is 4.08. The van der Waals surface area contributed by atoms with Gasteiger partial charge in [-0.2, -0.15) is 4.98 Å². The number of benzene rings is 2. The van der Waals surface area contributed by atoms with Gasteiger partial charge in [-0.05, 0) is 48.7 Å².